The van der Waals surface area contributed by atoms with Crippen LogP contribution in [0.15, 0.2) is 51.9 Å². The number of rotatable bonds is 3. The molecule has 2 aromatic carbocycles. The fraction of sp³-hybridized carbons (Fsp3) is 0.286. The maximum Gasteiger partial charge on any atom is 0.200 e. The lowest BCUT2D eigenvalue weighted by atomic mass is 10.0. The van der Waals surface area contributed by atoms with Gasteiger partial charge in [-0.25, -0.2) is 0 Å². The minimum Gasteiger partial charge on any atom is -0.508 e. The van der Waals surface area contributed by atoms with Crippen molar-refractivity contribution in [3.8, 4) is 22.6 Å². The summed E-state index contributed by atoms with van der Waals surface area (Å²) in [6.07, 6.45) is 4.95. The van der Waals surface area contributed by atoms with E-state index in [0.717, 1.165) is 25.9 Å². The monoisotopic (exact) mass is 351 g/mol. The molecular weight excluding hydrogens is 330 g/mol. The molecule has 1 fully saturated rings. The van der Waals surface area contributed by atoms with Gasteiger partial charge in [0.25, 0.3) is 0 Å². The molecule has 5 heteroatoms. The van der Waals surface area contributed by atoms with E-state index in [4.69, 9.17) is 4.42 Å². The van der Waals surface area contributed by atoms with Crippen LogP contribution in [0.25, 0.3) is 22.1 Å². The summed E-state index contributed by atoms with van der Waals surface area (Å²) in [6.45, 7) is 2.48. The Morgan fingerprint density at radius 2 is 1.69 bits per heavy atom. The molecule has 1 aliphatic rings. The normalized spacial score (nSPS) is 15.4. The number of fused-ring (bicyclic) bond motifs is 1. The number of nitrogens with zero attached hydrogens (tertiary/aromatic N) is 1. The fourth-order valence-electron chi connectivity index (χ4n) is 3.61. The van der Waals surface area contributed by atoms with Gasteiger partial charge < -0.3 is 14.6 Å². The predicted octanol–water partition coefficient (Wildman–Crippen LogP) is 3.86. The molecule has 4 rings (SSSR count). The van der Waals surface area contributed by atoms with Crippen molar-refractivity contribution >= 4 is 11.0 Å². The van der Waals surface area contributed by atoms with E-state index >= 15 is 0 Å². The van der Waals surface area contributed by atoms with Crippen LogP contribution in [0.2, 0.25) is 0 Å². The highest BCUT2D eigenvalue weighted by atomic mass is 16.3. The second-order valence-corrected chi connectivity index (χ2v) is 6.80. The molecule has 1 aliphatic heterocycles. The maximum atomic E-state index is 13.2. The molecule has 0 saturated carbocycles. The Labute approximate surface area is 151 Å². The highest BCUT2D eigenvalue weighted by Crippen LogP contribution is 2.29. The first kappa shape index (κ1) is 16.7. The first-order valence-corrected chi connectivity index (χ1v) is 8.91. The van der Waals surface area contributed by atoms with Crippen molar-refractivity contribution in [2.75, 3.05) is 13.1 Å². The summed E-state index contributed by atoms with van der Waals surface area (Å²) in [6, 6.07) is 9.66. The van der Waals surface area contributed by atoms with Crippen molar-refractivity contribution in [2.24, 2.45) is 0 Å². The van der Waals surface area contributed by atoms with Gasteiger partial charge in [-0.2, -0.15) is 0 Å². The standard InChI is InChI=1S/C21H21NO4/c23-15-6-4-14(5-7-15)17-13-26-19-9-8-18(24)16(20(19)21(17)25)12-22-10-2-1-3-11-22/h4-9,13,23-24H,1-3,10-12H2. The number of hydrogen-bond acceptors (Lipinski definition) is 5. The van der Waals surface area contributed by atoms with E-state index in [0.29, 0.717) is 34.2 Å². The third kappa shape index (κ3) is 3.06. The van der Waals surface area contributed by atoms with E-state index in [9.17, 15) is 15.0 Å². The first-order chi connectivity index (χ1) is 12.6. The molecule has 2 N–H and O–H groups in total. The minimum absolute atomic E-state index is 0.123. The van der Waals surface area contributed by atoms with Crippen LogP contribution in [0, 0.1) is 0 Å². The van der Waals surface area contributed by atoms with Gasteiger partial charge in [0.1, 0.15) is 23.3 Å². The number of aromatic hydroxyl groups is 2. The average Bonchev–Trinajstić information content (AvgIpc) is 2.66. The molecule has 5 nitrogen and oxygen atoms in total. The molecule has 0 unspecified atom stereocenters. The maximum absolute atomic E-state index is 13.2. The van der Waals surface area contributed by atoms with Crippen LogP contribution in [0.5, 0.6) is 11.5 Å². The van der Waals surface area contributed by atoms with Crippen LogP contribution in [-0.2, 0) is 6.54 Å². The number of benzene rings is 2. The SMILES string of the molecule is O=c1c(-c2ccc(O)cc2)coc2ccc(O)c(CN3CCCCC3)c12. The zero-order valence-electron chi connectivity index (χ0n) is 14.4. The molecular formula is C21H21NO4. The van der Waals surface area contributed by atoms with Gasteiger partial charge in [-0.15, -0.1) is 0 Å². The van der Waals surface area contributed by atoms with Crippen LogP contribution in [0.3, 0.4) is 0 Å². The third-order valence-electron chi connectivity index (χ3n) is 5.03. The Hall–Kier alpha value is -2.79. The summed E-state index contributed by atoms with van der Waals surface area (Å²) in [5.41, 5.74) is 2.02. The highest BCUT2D eigenvalue weighted by Gasteiger charge is 2.19. The number of likely N-dealkylation sites (tertiary alicyclic amines) is 1. The molecule has 1 saturated heterocycles. The summed E-state index contributed by atoms with van der Waals surface area (Å²) in [5, 5.41) is 20.3. The molecule has 1 aromatic heterocycles. The summed E-state index contributed by atoms with van der Waals surface area (Å²) in [7, 11) is 0. The van der Waals surface area contributed by atoms with Crippen LogP contribution in [-0.4, -0.2) is 28.2 Å². The number of piperidine rings is 1. The summed E-state index contributed by atoms with van der Waals surface area (Å²) >= 11 is 0. The zero-order valence-corrected chi connectivity index (χ0v) is 14.4. The van der Waals surface area contributed by atoms with E-state index in [-0.39, 0.29) is 16.9 Å². The second-order valence-electron chi connectivity index (χ2n) is 6.80. The summed E-state index contributed by atoms with van der Waals surface area (Å²) in [4.78, 5) is 15.4. The second kappa shape index (κ2) is 6.84. The lowest BCUT2D eigenvalue weighted by Gasteiger charge is -2.27. The van der Waals surface area contributed by atoms with Gasteiger partial charge in [0.2, 0.25) is 5.43 Å². The van der Waals surface area contributed by atoms with E-state index in [1.54, 1.807) is 24.3 Å². The van der Waals surface area contributed by atoms with E-state index in [2.05, 4.69) is 4.90 Å². The van der Waals surface area contributed by atoms with Crippen molar-refractivity contribution in [1.82, 2.24) is 4.90 Å². The molecule has 26 heavy (non-hydrogen) atoms. The molecule has 2 heterocycles. The lowest BCUT2D eigenvalue weighted by molar-refractivity contribution is 0.219. The Bertz CT molecular complexity index is 985. The molecule has 0 atom stereocenters. The zero-order chi connectivity index (χ0) is 18.1. The minimum atomic E-state index is -0.167. The van der Waals surface area contributed by atoms with Gasteiger partial charge in [-0.05, 0) is 55.8 Å². The van der Waals surface area contributed by atoms with Crippen molar-refractivity contribution in [2.45, 2.75) is 25.8 Å². The van der Waals surface area contributed by atoms with Crippen LogP contribution < -0.4 is 5.43 Å². The molecule has 0 radical (unpaired) electrons. The topological polar surface area (TPSA) is 73.9 Å². The largest absolute Gasteiger partial charge is 0.508 e. The van der Waals surface area contributed by atoms with E-state index in [1.165, 1.54) is 24.8 Å². The molecule has 134 valence electrons. The van der Waals surface area contributed by atoms with Gasteiger partial charge in [-0.3, -0.25) is 9.69 Å². The molecule has 0 bridgehead atoms. The van der Waals surface area contributed by atoms with Gasteiger partial charge in [0, 0.05) is 12.1 Å². The van der Waals surface area contributed by atoms with E-state index < -0.39 is 0 Å². The molecule has 0 spiro atoms. The van der Waals surface area contributed by atoms with E-state index in [1.807, 2.05) is 0 Å². The van der Waals surface area contributed by atoms with Gasteiger partial charge in [0.15, 0.2) is 0 Å². The Balaban J connectivity index is 1.85. The van der Waals surface area contributed by atoms with Crippen molar-refractivity contribution in [3.05, 3.63) is 58.4 Å². The quantitative estimate of drug-likeness (QED) is 0.750. The fourth-order valence-corrected chi connectivity index (χ4v) is 3.61. The number of phenolic OH excluding ortho intramolecular Hbond substituents is 2. The lowest BCUT2D eigenvalue weighted by Crippen LogP contribution is -2.29. The van der Waals surface area contributed by atoms with Gasteiger partial charge in [0.05, 0.1) is 10.9 Å². The van der Waals surface area contributed by atoms with Crippen molar-refractivity contribution in [3.63, 3.8) is 0 Å². The van der Waals surface area contributed by atoms with Crippen LogP contribution in [0.4, 0.5) is 0 Å². The summed E-state index contributed by atoms with van der Waals surface area (Å²) < 4.78 is 5.70. The van der Waals surface area contributed by atoms with Crippen LogP contribution >= 0.6 is 0 Å². The molecule has 3 aromatic rings. The average molecular weight is 351 g/mol. The summed E-state index contributed by atoms with van der Waals surface area (Å²) in [5.74, 6) is 0.264. The van der Waals surface area contributed by atoms with Crippen molar-refractivity contribution in [1.29, 1.82) is 0 Å². The number of phenols is 2. The predicted molar refractivity (Wildman–Crippen MR) is 100 cm³/mol. The highest BCUT2D eigenvalue weighted by molar-refractivity contribution is 5.86. The Morgan fingerprint density at radius 1 is 0.962 bits per heavy atom. The van der Waals surface area contributed by atoms with Crippen molar-refractivity contribution < 1.29 is 14.6 Å². The smallest absolute Gasteiger partial charge is 0.200 e. The van der Waals surface area contributed by atoms with Gasteiger partial charge in [-0.1, -0.05) is 18.6 Å². The molecule has 0 aliphatic carbocycles. The molecule has 0 amide bonds. The Kier molecular flexibility index (Phi) is 4.39. The third-order valence-corrected chi connectivity index (χ3v) is 5.03. The van der Waals surface area contributed by atoms with Gasteiger partial charge >= 0.3 is 0 Å². The van der Waals surface area contributed by atoms with Crippen LogP contribution in [0.1, 0.15) is 24.8 Å². The first-order valence-electron chi connectivity index (χ1n) is 8.91. The number of hydrogen-bond donors (Lipinski definition) is 2. The Morgan fingerprint density at radius 3 is 2.42 bits per heavy atom.